The average Bonchev–Trinajstić information content (AvgIpc) is 2.48. The van der Waals surface area contributed by atoms with Crippen LogP contribution in [0.1, 0.15) is 30.6 Å². The summed E-state index contributed by atoms with van der Waals surface area (Å²) in [4.78, 5) is 18.4. The smallest absolute Gasteiger partial charge is 0.259 e. The minimum absolute atomic E-state index is 0. The van der Waals surface area contributed by atoms with Gasteiger partial charge >= 0.3 is 0 Å². The van der Waals surface area contributed by atoms with Crippen LogP contribution in [0.25, 0.3) is 0 Å². The van der Waals surface area contributed by atoms with Crippen LogP contribution >= 0.6 is 24.0 Å². The molecule has 0 N–H and O–H groups in total. The molecule has 1 aromatic heterocycles. The van der Waals surface area contributed by atoms with E-state index in [4.69, 9.17) is 16.3 Å². The molecule has 0 aliphatic carbocycles. The van der Waals surface area contributed by atoms with Crippen molar-refractivity contribution in [3.8, 4) is 5.88 Å². The van der Waals surface area contributed by atoms with Gasteiger partial charge in [-0.05, 0) is 32.4 Å². The summed E-state index contributed by atoms with van der Waals surface area (Å²) in [6.45, 7) is 4.55. The zero-order chi connectivity index (χ0) is 13.1. The highest BCUT2D eigenvalue weighted by Gasteiger charge is 2.30. The summed E-state index contributed by atoms with van der Waals surface area (Å²) in [5.74, 6) is 0.901. The van der Waals surface area contributed by atoms with Gasteiger partial charge in [-0.2, -0.15) is 0 Å². The van der Waals surface area contributed by atoms with Crippen molar-refractivity contribution in [1.82, 2.24) is 9.88 Å². The van der Waals surface area contributed by atoms with Crippen LogP contribution in [0.3, 0.4) is 0 Å². The number of fused-ring (bicyclic) bond motifs is 1. The van der Waals surface area contributed by atoms with E-state index in [0.717, 1.165) is 0 Å². The maximum atomic E-state index is 12.4. The van der Waals surface area contributed by atoms with Gasteiger partial charge in [0.05, 0.1) is 6.54 Å². The predicted octanol–water partition coefficient (Wildman–Crippen LogP) is 2.74. The molecule has 19 heavy (non-hydrogen) atoms. The quantitative estimate of drug-likeness (QED) is 0.806. The molecule has 1 unspecified atom stereocenters. The fourth-order valence-electron chi connectivity index (χ4n) is 2.02. The minimum Gasteiger partial charge on any atom is -0.472 e. The van der Waals surface area contributed by atoms with Crippen LogP contribution in [0.5, 0.6) is 5.88 Å². The second-order valence-corrected chi connectivity index (χ2v) is 5.00. The van der Waals surface area contributed by atoms with Crippen molar-refractivity contribution in [2.75, 3.05) is 12.4 Å². The van der Waals surface area contributed by atoms with E-state index in [9.17, 15) is 4.79 Å². The summed E-state index contributed by atoms with van der Waals surface area (Å²) >= 11 is 5.78. The Bertz CT molecular complexity index is 440. The molecular weight excluding hydrogens is 287 g/mol. The number of amides is 1. The van der Waals surface area contributed by atoms with Gasteiger partial charge < -0.3 is 9.64 Å². The highest BCUT2D eigenvalue weighted by Crippen LogP contribution is 2.24. The number of pyridine rings is 1. The van der Waals surface area contributed by atoms with Crippen molar-refractivity contribution in [2.24, 2.45) is 0 Å². The van der Waals surface area contributed by atoms with Gasteiger partial charge in [0, 0.05) is 18.1 Å². The SMILES string of the molecule is CC(C)N1CC(CCCl)Oc2ncccc2C1=O.Cl. The summed E-state index contributed by atoms with van der Waals surface area (Å²) in [5.41, 5.74) is 0.531. The number of rotatable bonds is 3. The lowest BCUT2D eigenvalue weighted by atomic mass is 10.2. The predicted molar refractivity (Wildman–Crippen MR) is 77.4 cm³/mol. The number of aromatic nitrogens is 1. The lowest BCUT2D eigenvalue weighted by molar-refractivity contribution is 0.0643. The molecule has 0 radical (unpaired) electrons. The Balaban J connectivity index is 0.00000180. The molecule has 1 aliphatic rings. The first-order valence-electron chi connectivity index (χ1n) is 6.12. The summed E-state index contributed by atoms with van der Waals surface area (Å²) in [5, 5.41) is 0. The number of ether oxygens (including phenoxy) is 1. The molecular formula is C13H18Cl2N2O2. The molecule has 6 heteroatoms. The van der Waals surface area contributed by atoms with Gasteiger partial charge in [0.15, 0.2) is 0 Å². The Labute approximate surface area is 124 Å². The largest absolute Gasteiger partial charge is 0.472 e. The topological polar surface area (TPSA) is 42.4 Å². The van der Waals surface area contributed by atoms with Gasteiger partial charge in [0.1, 0.15) is 11.7 Å². The van der Waals surface area contributed by atoms with Crippen molar-refractivity contribution in [3.63, 3.8) is 0 Å². The number of carbonyl (C=O) groups excluding carboxylic acids is 1. The first-order chi connectivity index (χ1) is 8.63. The molecule has 1 amide bonds. The standard InChI is InChI=1S/C13H17ClN2O2.ClH/c1-9(2)16-8-10(5-6-14)18-12-11(13(16)17)4-3-7-15-12;/h3-4,7,9-10H,5-6,8H2,1-2H3;1H. The molecule has 1 atom stereocenters. The monoisotopic (exact) mass is 304 g/mol. The Kier molecular flexibility index (Phi) is 5.88. The maximum absolute atomic E-state index is 12.4. The van der Waals surface area contributed by atoms with Crippen LogP contribution in [-0.2, 0) is 0 Å². The number of alkyl halides is 1. The summed E-state index contributed by atoms with van der Waals surface area (Å²) in [6.07, 6.45) is 2.24. The fraction of sp³-hybridized carbons (Fsp3) is 0.538. The van der Waals surface area contributed by atoms with E-state index in [1.54, 1.807) is 18.3 Å². The first kappa shape index (κ1) is 16.1. The van der Waals surface area contributed by atoms with E-state index in [2.05, 4.69) is 4.98 Å². The van der Waals surface area contributed by atoms with Gasteiger partial charge in [0.25, 0.3) is 5.91 Å². The van der Waals surface area contributed by atoms with Crippen LogP contribution in [-0.4, -0.2) is 40.4 Å². The van der Waals surface area contributed by atoms with Crippen LogP contribution in [0.15, 0.2) is 18.3 Å². The highest BCUT2D eigenvalue weighted by atomic mass is 35.5. The average molecular weight is 305 g/mol. The second kappa shape index (κ2) is 6.96. The summed E-state index contributed by atoms with van der Waals surface area (Å²) in [6, 6.07) is 3.63. The molecule has 0 aromatic carbocycles. The fourth-order valence-corrected chi connectivity index (χ4v) is 2.26. The molecule has 2 heterocycles. The molecule has 0 saturated heterocycles. The number of carbonyl (C=O) groups is 1. The number of nitrogens with zero attached hydrogens (tertiary/aromatic N) is 2. The van der Waals surface area contributed by atoms with Crippen LogP contribution in [0, 0.1) is 0 Å². The molecule has 0 saturated carbocycles. The van der Waals surface area contributed by atoms with Crippen LogP contribution < -0.4 is 4.74 Å². The van der Waals surface area contributed by atoms with Crippen LogP contribution in [0.4, 0.5) is 0 Å². The molecule has 106 valence electrons. The molecule has 4 nitrogen and oxygen atoms in total. The molecule has 1 aliphatic heterocycles. The van der Waals surface area contributed by atoms with E-state index >= 15 is 0 Å². The number of halogens is 2. The number of hydrogen-bond donors (Lipinski definition) is 0. The second-order valence-electron chi connectivity index (χ2n) is 4.62. The van der Waals surface area contributed by atoms with Crippen molar-refractivity contribution in [2.45, 2.75) is 32.4 Å². The first-order valence-corrected chi connectivity index (χ1v) is 6.65. The Hall–Kier alpha value is -1.00. The third kappa shape index (κ3) is 3.51. The molecule has 0 bridgehead atoms. The maximum Gasteiger partial charge on any atom is 0.259 e. The zero-order valence-electron chi connectivity index (χ0n) is 11.0. The number of hydrogen-bond acceptors (Lipinski definition) is 3. The van der Waals surface area contributed by atoms with Gasteiger partial charge in [-0.1, -0.05) is 0 Å². The van der Waals surface area contributed by atoms with Gasteiger partial charge in [-0.25, -0.2) is 4.98 Å². The van der Waals surface area contributed by atoms with Crippen molar-refractivity contribution in [1.29, 1.82) is 0 Å². The van der Waals surface area contributed by atoms with E-state index in [1.165, 1.54) is 0 Å². The zero-order valence-corrected chi connectivity index (χ0v) is 12.6. The lowest BCUT2D eigenvalue weighted by Gasteiger charge is -2.27. The van der Waals surface area contributed by atoms with Crippen LogP contribution in [0.2, 0.25) is 0 Å². The van der Waals surface area contributed by atoms with Gasteiger partial charge in [0.2, 0.25) is 5.88 Å². The summed E-state index contributed by atoms with van der Waals surface area (Å²) in [7, 11) is 0. The Morgan fingerprint density at radius 1 is 1.58 bits per heavy atom. The molecule has 1 aromatic rings. The normalized spacial score (nSPS) is 18.4. The molecule has 2 rings (SSSR count). The van der Waals surface area contributed by atoms with Crippen molar-refractivity contribution in [3.05, 3.63) is 23.9 Å². The molecule has 0 fully saturated rings. The van der Waals surface area contributed by atoms with E-state index in [-0.39, 0.29) is 30.5 Å². The van der Waals surface area contributed by atoms with Gasteiger partial charge in [-0.15, -0.1) is 24.0 Å². The summed E-state index contributed by atoms with van der Waals surface area (Å²) < 4.78 is 5.79. The van der Waals surface area contributed by atoms with Crippen molar-refractivity contribution < 1.29 is 9.53 Å². The molecule has 0 spiro atoms. The van der Waals surface area contributed by atoms with Crippen molar-refractivity contribution >= 4 is 29.9 Å². The third-order valence-electron chi connectivity index (χ3n) is 3.00. The highest BCUT2D eigenvalue weighted by molar-refractivity contribution is 6.17. The lowest BCUT2D eigenvalue weighted by Crippen LogP contribution is -2.41. The van der Waals surface area contributed by atoms with E-state index < -0.39 is 0 Å². The van der Waals surface area contributed by atoms with Gasteiger partial charge in [-0.3, -0.25) is 4.79 Å². The Morgan fingerprint density at radius 2 is 2.32 bits per heavy atom. The Morgan fingerprint density at radius 3 is 2.95 bits per heavy atom. The van der Waals surface area contributed by atoms with E-state index in [0.29, 0.717) is 30.3 Å². The minimum atomic E-state index is -0.0926. The van der Waals surface area contributed by atoms with E-state index in [1.807, 2.05) is 18.7 Å². The third-order valence-corrected chi connectivity index (χ3v) is 3.21.